The van der Waals surface area contributed by atoms with Crippen molar-refractivity contribution in [2.24, 2.45) is 0 Å². The van der Waals surface area contributed by atoms with Gasteiger partial charge in [-0.3, -0.25) is 4.72 Å². The van der Waals surface area contributed by atoms with Crippen LogP contribution in [0.2, 0.25) is 0 Å². The number of sulfonamides is 1. The quantitative estimate of drug-likeness (QED) is 0.667. The minimum atomic E-state index is -4.63. The Kier molecular flexibility index (Phi) is 6.75. The number of benzene rings is 2. The number of ether oxygens (including phenoxy) is 2. The van der Waals surface area contributed by atoms with Crippen LogP contribution in [-0.2, 0) is 25.7 Å². The summed E-state index contributed by atoms with van der Waals surface area (Å²) in [6.07, 6.45) is -4.63. The highest BCUT2D eigenvalue weighted by molar-refractivity contribution is 7.92. The maximum Gasteiger partial charge on any atom is 0.416 e. The minimum absolute atomic E-state index is 0.161. The molecule has 0 saturated carbocycles. The van der Waals surface area contributed by atoms with Gasteiger partial charge in [0.25, 0.3) is 10.0 Å². The standard InChI is InChI=1S/C20H21F3N2O5S/c1-2-30-19(26)14-3-6-16(7-4-14)31(27,28)24-17-13-15(20(21,22)23)5-8-18(17)25-9-11-29-12-10-25/h3-8,13,24H,2,9-12H2,1H3. The molecule has 0 bridgehead atoms. The summed E-state index contributed by atoms with van der Waals surface area (Å²) in [6.45, 7) is 3.38. The first-order valence-corrected chi connectivity index (χ1v) is 10.9. The van der Waals surface area contributed by atoms with E-state index in [1.54, 1.807) is 11.8 Å². The number of carbonyl (C=O) groups is 1. The summed E-state index contributed by atoms with van der Waals surface area (Å²) in [5, 5.41) is 0. The van der Waals surface area contributed by atoms with Gasteiger partial charge in [0.05, 0.1) is 47.2 Å². The van der Waals surface area contributed by atoms with E-state index in [4.69, 9.17) is 9.47 Å². The molecule has 1 saturated heterocycles. The molecule has 0 spiro atoms. The molecule has 11 heteroatoms. The number of morpholine rings is 1. The summed E-state index contributed by atoms with van der Waals surface area (Å²) in [5.41, 5.74) is -0.678. The van der Waals surface area contributed by atoms with Crippen molar-refractivity contribution in [3.8, 4) is 0 Å². The van der Waals surface area contributed by atoms with Crippen LogP contribution in [0.3, 0.4) is 0 Å². The summed E-state index contributed by atoms with van der Waals surface area (Å²) in [4.78, 5) is 13.3. The number of carbonyl (C=O) groups excluding carboxylic acids is 1. The highest BCUT2D eigenvalue weighted by atomic mass is 32.2. The molecule has 3 rings (SSSR count). The fourth-order valence-corrected chi connectivity index (χ4v) is 4.13. The second kappa shape index (κ2) is 9.15. The van der Waals surface area contributed by atoms with Crippen LogP contribution in [0.4, 0.5) is 24.5 Å². The fraction of sp³-hybridized carbons (Fsp3) is 0.350. The Bertz CT molecular complexity index is 1030. The molecule has 7 nitrogen and oxygen atoms in total. The lowest BCUT2D eigenvalue weighted by molar-refractivity contribution is -0.137. The second-order valence-electron chi connectivity index (χ2n) is 6.68. The highest BCUT2D eigenvalue weighted by Gasteiger charge is 2.32. The lowest BCUT2D eigenvalue weighted by Gasteiger charge is -2.31. The molecule has 31 heavy (non-hydrogen) atoms. The molecule has 0 atom stereocenters. The van der Waals surface area contributed by atoms with E-state index in [9.17, 15) is 26.4 Å². The molecule has 1 heterocycles. The van der Waals surface area contributed by atoms with E-state index in [-0.39, 0.29) is 22.8 Å². The average molecular weight is 458 g/mol. The Morgan fingerprint density at radius 1 is 1.13 bits per heavy atom. The Morgan fingerprint density at radius 2 is 1.77 bits per heavy atom. The topological polar surface area (TPSA) is 84.9 Å². The molecule has 2 aromatic rings. The number of anilines is 2. The molecule has 1 aliphatic heterocycles. The predicted octanol–water partition coefficient (Wildman–Crippen LogP) is 3.52. The average Bonchev–Trinajstić information content (AvgIpc) is 2.74. The first kappa shape index (κ1) is 22.9. The molecule has 0 aliphatic carbocycles. The van der Waals surface area contributed by atoms with Gasteiger partial charge in [-0.2, -0.15) is 13.2 Å². The van der Waals surface area contributed by atoms with Crippen LogP contribution in [0, 0.1) is 0 Å². The SMILES string of the molecule is CCOC(=O)c1ccc(S(=O)(=O)Nc2cc(C(F)(F)F)ccc2N2CCOCC2)cc1. The maximum atomic E-state index is 13.2. The number of nitrogens with zero attached hydrogens (tertiary/aromatic N) is 1. The zero-order valence-electron chi connectivity index (χ0n) is 16.6. The number of halogens is 3. The Hall–Kier alpha value is -2.79. The minimum Gasteiger partial charge on any atom is -0.462 e. The monoisotopic (exact) mass is 458 g/mol. The van der Waals surface area contributed by atoms with E-state index in [2.05, 4.69) is 4.72 Å². The van der Waals surface area contributed by atoms with Gasteiger partial charge in [0, 0.05) is 13.1 Å². The fourth-order valence-electron chi connectivity index (χ4n) is 3.06. The van der Waals surface area contributed by atoms with Crippen molar-refractivity contribution in [2.75, 3.05) is 42.5 Å². The zero-order valence-corrected chi connectivity index (χ0v) is 17.4. The third-order valence-corrected chi connectivity index (χ3v) is 5.98. The number of rotatable bonds is 6. The Labute approximate surface area is 177 Å². The van der Waals surface area contributed by atoms with Gasteiger partial charge in [-0.1, -0.05) is 0 Å². The zero-order chi connectivity index (χ0) is 22.6. The number of esters is 1. The van der Waals surface area contributed by atoms with E-state index in [1.807, 2.05) is 0 Å². The summed E-state index contributed by atoms with van der Waals surface area (Å²) < 4.78 is 77.8. The lowest BCUT2D eigenvalue weighted by Crippen LogP contribution is -2.36. The largest absolute Gasteiger partial charge is 0.462 e. The van der Waals surface area contributed by atoms with Crippen LogP contribution in [0.15, 0.2) is 47.4 Å². The summed E-state index contributed by atoms with van der Waals surface area (Å²) in [5.74, 6) is -0.605. The van der Waals surface area contributed by atoms with Crippen molar-refractivity contribution in [1.29, 1.82) is 0 Å². The van der Waals surface area contributed by atoms with Gasteiger partial charge in [0.2, 0.25) is 0 Å². The number of alkyl halides is 3. The van der Waals surface area contributed by atoms with Gasteiger partial charge < -0.3 is 14.4 Å². The maximum absolute atomic E-state index is 13.2. The van der Waals surface area contributed by atoms with Gasteiger partial charge in [-0.25, -0.2) is 13.2 Å². The van der Waals surface area contributed by atoms with Gasteiger partial charge in [-0.15, -0.1) is 0 Å². The van der Waals surface area contributed by atoms with Crippen molar-refractivity contribution in [2.45, 2.75) is 18.0 Å². The predicted molar refractivity (Wildman–Crippen MR) is 108 cm³/mol. The molecule has 168 valence electrons. The van der Waals surface area contributed by atoms with Crippen molar-refractivity contribution in [3.63, 3.8) is 0 Å². The molecule has 1 fully saturated rings. The van der Waals surface area contributed by atoms with Crippen LogP contribution >= 0.6 is 0 Å². The third kappa shape index (κ3) is 5.47. The van der Waals surface area contributed by atoms with Crippen molar-refractivity contribution in [1.82, 2.24) is 0 Å². The van der Waals surface area contributed by atoms with Crippen molar-refractivity contribution in [3.05, 3.63) is 53.6 Å². The van der Waals surface area contributed by atoms with Crippen LogP contribution in [-0.4, -0.2) is 47.3 Å². The van der Waals surface area contributed by atoms with E-state index in [0.717, 1.165) is 12.1 Å². The van der Waals surface area contributed by atoms with E-state index in [1.165, 1.54) is 30.3 Å². The summed E-state index contributed by atoms with van der Waals surface area (Å²) in [7, 11) is -4.22. The first-order valence-electron chi connectivity index (χ1n) is 9.46. The number of hydrogen-bond acceptors (Lipinski definition) is 6. The smallest absolute Gasteiger partial charge is 0.416 e. The third-order valence-electron chi connectivity index (χ3n) is 4.60. The molecular formula is C20H21F3N2O5S. The number of nitrogens with one attached hydrogen (secondary N) is 1. The van der Waals surface area contributed by atoms with Crippen molar-refractivity contribution < 1.29 is 35.9 Å². The molecule has 0 amide bonds. The molecular weight excluding hydrogens is 437 g/mol. The second-order valence-corrected chi connectivity index (χ2v) is 8.36. The molecule has 2 aromatic carbocycles. The van der Waals surface area contributed by atoms with Gasteiger partial charge >= 0.3 is 12.1 Å². The number of hydrogen-bond donors (Lipinski definition) is 1. The molecule has 0 aromatic heterocycles. The van der Waals surface area contributed by atoms with Crippen LogP contribution in [0.1, 0.15) is 22.8 Å². The van der Waals surface area contributed by atoms with E-state index in [0.29, 0.717) is 32.0 Å². The lowest BCUT2D eigenvalue weighted by atomic mass is 10.1. The van der Waals surface area contributed by atoms with E-state index < -0.39 is 27.7 Å². The summed E-state index contributed by atoms with van der Waals surface area (Å²) in [6, 6.07) is 7.87. The Balaban J connectivity index is 1.94. The highest BCUT2D eigenvalue weighted by Crippen LogP contribution is 2.36. The normalized spacial score (nSPS) is 14.9. The molecule has 1 aliphatic rings. The summed E-state index contributed by atoms with van der Waals surface area (Å²) >= 11 is 0. The first-order chi connectivity index (χ1) is 14.6. The molecule has 0 unspecified atom stereocenters. The van der Waals surface area contributed by atoms with Crippen LogP contribution < -0.4 is 9.62 Å². The van der Waals surface area contributed by atoms with E-state index >= 15 is 0 Å². The van der Waals surface area contributed by atoms with Crippen LogP contribution in [0.5, 0.6) is 0 Å². The van der Waals surface area contributed by atoms with Gasteiger partial charge in [0.1, 0.15) is 0 Å². The van der Waals surface area contributed by atoms with Gasteiger partial charge in [-0.05, 0) is 49.4 Å². The molecule has 0 radical (unpaired) electrons. The van der Waals surface area contributed by atoms with Gasteiger partial charge in [0.15, 0.2) is 0 Å². The van der Waals surface area contributed by atoms with Crippen LogP contribution in [0.25, 0.3) is 0 Å². The molecule has 1 N–H and O–H groups in total. The Morgan fingerprint density at radius 3 is 2.35 bits per heavy atom. The van der Waals surface area contributed by atoms with Crippen molar-refractivity contribution >= 4 is 27.4 Å².